The molecule has 3 aromatic carbocycles. The second-order valence-electron chi connectivity index (χ2n) is 7.15. The van der Waals surface area contributed by atoms with E-state index in [1.165, 1.54) is 50.3 Å². The van der Waals surface area contributed by atoms with Crippen molar-refractivity contribution in [1.29, 1.82) is 0 Å². The van der Waals surface area contributed by atoms with Crippen molar-refractivity contribution in [2.24, 2.45) is 0 Å². The van der Waals surface area contributed by atoms with Gasteiger partial charge in [0.25, 0.3) is 0 Å². The minimum absolute atomic E-state index is 0.0711. The Morgan fingerprint density at radius 3 is 2.27 bits per heavy atom. The highest BCUT2D eigenvalue weighted by molar-refractivity contribution is 5.92. The zero-order valence-electron chi connectivity index (χ0n) is 18.4. The van der Waals surface area contributed by atoms with E-state index in [4.69, 9.17) is 23.4 Å². The SMILES string of the molecule is CCc1ccc(Oc2coc3cc(OC(=O)c4ccc(OC)c(OC)c4)ccc3c2=O)cc1. The Balaban J connectivity index is 1.55. The molecule has 4 rings (SSSR count). The monoisotopic (exact) mass is 446 g/mol. The summed E-state index contributed by atoms with van der Waals surface area (Å²) in [5.41, 5.74) is 1.40. The predicted molar refractivity (Wildman–Crippen MR) is 123 cm³/mol. The summed E-state index contributed by atoms with van der Waals surface area (Å²) < 4.78 is 27.1. The fourth-order valence-corrected chi connectivity index (χ4v) is 3.27. The molecule has 168 valence electrons. The molecule has 0 atom stereocenters. The van der Waals surface area contributed by atoms with Crippen LogP contribution in [0.5, 0.6) is 28.7 Å². The number of hydrogen-bond donors (Lipinski definition) is 0. The highest BCUT2D eigenvalue weighted by Gasteiger charge is 2.15. The lowest BCUT2D eigenvalue weighted by Gasteiger charge is -2.10. The smallest absolute Gasteiger partial charge is 0.343 e. The minimum atomic E-state index is -0.590. The van der Waals surface area contributed by atoms with Crippen LogP contribution in [0, 0.1) is 0 Å². The van der Waals surface area contributed by atoms with Gasteiger partial charge in [-0.3, -0.25) is 4.79 Å². The molecule has 0 aliphatic rings. The maximum Gasteiger partial charge on any atom is 0.343 e. The van der Waals surface area contributed by atoms with Crippen LogP contribution in [0.2, 0.25) is 0 Å². The average molecular weight is 446 g/mol. The highest BCUT2D eigenvalue weighted by atomic mass is 16.5. The molecule has 0 aliphatic carbocycles. The van der Waals surface area contributed by atoms with Crippen molar-refractivity contribution < 1.29 is 28.2 Å². The summed E-state index contributed by atoms with van der Waals surface area (Å²) in [5.74, 6) is 1.16. The first-order valence-electron chi connectivity index (χ1n) is 10.3. The van der Waals surface area contributed by atoms with E-state index >= 15 is 0 Å². The van der Waals surface area contributed by atoms with Crippen LogP contribution in [0.15, 0.2) is 76.1 Å². The summed E-state index contributed by atoms with van der Waals surface area (Å²) in [6, 6.07) is 16.7. The number of hydrogen-bond acceptors (Lipinski definition) is 7. The van der Waals surface area contributed by atoms with Gasteiger partial charge in [0.15, 0.2) is 11.5 Å². The van der Waals surface area contributed by atoms with Gasteiger partial charge < -0.3 is 23.4 Å². The molecule has 0 saturated heterocycles. The third kappa shape index (κ3) is 4.67. The summed E-state index contributed by atoms with van der Waals surface area (Å²) in [7, 11) is 2.99. The Kier molecular flexibility index (Phi) is 6.31. The molecule has 4 aromatic rings. The highest BCUT2D eigenvalue weighted by Crippen LogP contribution is 2.29. The van der Waals surface area contributed by atoms with E-state index in [2.05, 4.69) is 6.92 Å². The normalized spacial score (nSPS) is 10.6. The quantitative estimate of drug-likeness (QED) is 0.278. The van der Waals surface area contributed by atoms with Gasteiger partial charge in [-0.1, -0.05) is 19.1 Å². The molecule has 1 heterocycles. The van der Waals surface area contributed by atoms with Gasteiger partial charge in [-0.2, -0.15) is 0 Å². The number of carbonyl (C=O) groups excluding carboxylic acids is 1. The van der Waals surface area contributed by atoms with Gasteiger partial charge in [-0.05, 0) is 54.4 Å². The molecule has 0 N–H and O–H groups in total. The van der Waals surface area contributed by atoms with Gasteiger partial charge >= 0.3 is 5.97 Å². The zero-order chi connectivity index (χ0) is 23.4. The van der Waals surface area contributed by atoms with Gasteiger partial charge in [-0.15, -0.1) is 0 Å². The summed E-state index contributed by atoms with van der Waals surface area (Å²) >= 11 is 0. The first-order valence-corrected chi connectivity index (χ1v) is 10.3. The maximum atomic E-state index is 12.8. The molecule has 7 nitrogen and oxygen atoms in total. The van der Waals surface area contributed by atoms with Gasteiger partial charge in [-0.25, -0.2) is 4.79 Å². The lowest BCUT2D eigenvalue weighted by molar-refractivity contribution is 0.0734. The zero-order valence-corrected chi connectivity index (χ0v) is 18.4. The standard InChI is InChI=1S/C26H22O7/c1-4-16-5-8-18(9-6-16)32-24-15-31-22-14-19(10-11-20(22)25(24)27)33-26(28)17-7-12-21(29-2)23(13-17)30-3/h5-15H,4H2,1-3H3. The topological polar surface area (TPSA) is 84.2 Å². The van der Waals surface area contributed by atoms with Crippen LogP contribution < -0.4 is 24.4 Å². The van der Waals surface area contributed by atoms with Gasteiger partial charge in [0.05, 0.1) is 25.2 Å². The van der Waals surface area contributed by atoms with Crippen molar-refractivity contribution in [1.82, 2.24) is 0 Å². The summed E-state index contributed by atoms with van der Waals surface area (Å²) in [4.78, 5) is 25.4. The Morgan fingerprint density at radius 1 is 0.848 bits per heavy atom. The number of esters is 1. The summed E-state index contributed by atoms with van der Waals surface area (Å²) in [6.07, 6.45) is 2.16. The van der Waals surface area contributed by atoms with Gasteiger partial charge in [0, 0.05) is 6.07 Å². The van der Waals surface area contributed by atoms with E-state index in [0.717, 1.165) is 6.42 Å². The molecule has 0 spiro atoms. The van der Waals surface area contributed by atoms with Crippen LogP contribution in [0.3, 0.4) is 0 Å². The van der Waals surface area contributed by atoms with E-state index < -0.39 is 5.97 Å². The van der Waals surface area contributed by atoms with Gasteiger partial charge in [0.1, 0.15) is 23.3 Å². The van der Waals surface area contributed by atoms with Crippen LogP contribution >= 0.6 is 0 Å². The fraction of sp³-hybridized carbons (Fsp3) is 0.154. The average Bonchev–Trinajstić information content (AvgIpc) is 2.85. The second kappa shape index (κ2) is 9.48. The Morgan fingerprint density at radius 2 is 1.58 bits per heavy atom. The number of benzene rings is 3. The number of aryl methyl sites for hydroxylation is 1. The second-order valence-corrected chi connectivity index (χ2v) is 7.15. The van der Waals surface area contributed by atoms with Crippen LogP contribution in [0.1, 0.15) is 22.8 Å². The first kappa shape index (κ1) is 22.0. The molecular weight excluding hydrogens is 424 g/mol. The van der Waals surface area contributed by atoms with Crippen molar-refractivity contribution in [3.63, 3.8) is 0 Å². The molecule has 0 amide bonds. The summed E-state index contributed by atoms with van der Waals surface area (Å²) in [5, 5.41) is 0.309. The number of carbonyl (C=O) groups is 1. The van der Waals surface area contributed by atoms with Crippen molar-refractivity contribution in [3.05, 3.63) is 88.3 Å². The van der Waals surface area contributed by atoms with Crippen molar-refractivity contribution in [2.45, 2.75) is 13.3 Å². The molecule has 0 aliphatic heterocycles. The van der Waals surface area contributed by atoms with Crippen molar-refractivity contribution in [2.75, 3.05) is 14.2 Å². The first-order chi connectivity index (χ1) is 16.0. The Bertz CT molecular complexity index is 1350. The van der Waals surface area contributed by atoms with Crippen LogP contribution in [-0.2, 0) is 6.42 Å². The van der Waals surface area contributed by atoms with Crippen LogP contribution in [-0.4, -0.2) is 20.2 Å². The van der Waals surface area contributed by atoms with E-state index in [9.17, 15) is 9.59 Å². The minimum Gasteiger partial charge on any atom is -0.493 e. The molecular formula is C26H22O7. The third-order valence-electron chi connectivity index (χ3n) is 5.10. The van der Waals surface area contributed by atoms with Gasteiger partial charge in [0.2, 0.25) is 11.2 Å². The van der Waals surface area contributed by atoms with E-state index in [1.807, 2.05) is 12.1 Å². The van der Waals surface area contributed by atoms with Crippen LogP contribution in [0.4, 0.5) is 0 Å². The van der Waals surface area contributed by atoms with Crippen LogP contribution in [0.25, 0.3) is 11.0 Å². The molecule has 0 unspecified atom stereocenters. The molecule has 0 fully saturated rings. The molecule has 0 radical (unpaired) electrons. The Hall–Kier alpha value is -4.26. The molecule has 0 saturated carbocycles. The largest absolute Gasteiger partial charge is 0.493 e. The fourth-order valence-electron chi connectivity index (χ4n) is 3.27. The Labute approximate surface area is 190 Å². The molecule has 1 aromatic heterocycles. The van der Waals surface area contributed by atoms with E-state index in [0.29, 0.717) is 22.6 Å². The van der Waals surface area contributed by atoms with Crippen molar-refractivity contribution >= 4 is 16.9 Å². The lowest BCUT2D eigenvalue weighted by Crippen LogP contribution is -2.09. The third-order valence-corrected chi connectivity index (χ3v) is 5.10. The maximum absolute atomic E-state index is 12.8. The molecule has 0 bridgehead atoms. The predicted octanol–water partition coefficient (Wildman–Crippen LogP) is 5.38. The number of methoxy groups -OCH3 is 2. The van der Waals surface area contributed by atoms with E-state index in [1.54, 1.807) is 24.3 Å². The van der Waals surface area contributed by atoms with Crippen molar-refractivity contribution in [3.8, 4) is 28.7 Å². The number of fused-ring (bicyclic) bond motifs is 1. The number of rotatable bonds is 7. The molecule has 7 heteroatoms. The molecule has 33 heavy (non-hydrogen) atoms. The summed E-state index contributed by atoms with van der Waals surface area (Å²) in [6.45, 7) is 2.06. The number of ether oxygens (including phenoxy) is 4. The lowest BCUT2D eigenvalue weighted by atomic mass is 10.2. The van der Waals surface area contributed by atoms with E-state index in [-0.39, 0.29) is 28.1 Å².